The number of nitrogens with two attached hydrogens (primary N) is 1. The number of rotatable bonds is 4. The standard InChI is InChI=1S/C15H17N3O2/c1-9(2)10-5-3-4-6-13(10)18-14-7-11(15(19)20)12(16)8-17-14/h3-9H,16H2,1-2H3,(H,17,18)(H,19,20). The van der Waals surface area contributed by atoms with Crippen molar-refractivity contribution in [3.63, 3.8) is 0 Å². The molecule has 2 rings (SSSR count). The van der Waals surface area contributed by atoms with Gasteiger partial charge in [0.25, 0.3) is 0 Å². The summed E-state index contributed by atoms with van der Waals surface area (Å²) in [5, 5.41) is 12.2. The summed E-state index contributed by atoms with van der Waals surface area (Å²) in [6, 6.07) is 9.30. The highest BCUT2D eigenvalue weighted by Crippen LogP contribution is 2.27. The second-order valence-electron chi connectivity index (χ2n) is 4.83. The fourth-order valence-corrected chi connectivity index (χ4v) is 1.97. The molecule has 5 nitrogen and oxygen atoms in total. The first-order valence-corrected chi connectivity index (χ1v) is 6.33. The molecule has 0 aliphatic heterocycles. The molecule has 5 heteroatoms. The van der Waals surface area contributed by atoms with Crippen LogP contribution in [0.15, 0.2) is 36.5 Å². The molecule has 1 aromatic carbocycles. The summed E-state index contributed by atoms with van der Waals surface area (Å²) in [5.74, 6) is -0.249. The summed E-state index contributed by atoms with van der Waals surface area (Å²) in [5.41, 5.74) is 7.84. The average molecular weight is 271 g/mol. The Bertz CT molecular complexity index is 639. The number of carboxylic acid groups (broad SMARTS) is 1. The zero-order valence-electron chi connectivity index (χ0n) is 11.4. The van der Waals surface area contributed by atoms with Gasteiger partial charge in [-0.1, -0.05) is 32.0 Å². The molecule has 0 saturated heterocycles. The van der Waals surface area contributed by atoms with Crippen LogP contribution in [0.4, 0.5) is 17.2 Å². The maximum absolute atomic E-state index is 11.1. The molecule has 0 fully saturated rings. The van der Waals surface area contributed by atoms with E-state index in [0.29, 0.717) is 11.7 Å². The molecule has 0 unspecified atom stereocenters. The first-order valence-electron chi connectivity index (χ1n) is 6.33. The maximum atomic E-state index is 11.1. The molecule has 104 valence electrons. The molecule has 0 amide bonds. The van der Waals surface area contributed by atoms with Crippen LogP contribution in [0.25, 0.3) is 0 Å². The Balaban J connectivity index is 2.36. The number of nitrogens with one attached hydrogen (secondary N) is 1. The fraction of sp³-hybridized carbons (Fsp3) is 0.200. The summed E-state index contributed by atoms with van der Waals surface area (Å²) >= 11 is 0. The Labute approximate surface area is 117 Å². The van der Waals surface area contributed by atoms with Crippen molar-refractivity contribution in [2.45, 2.75) is 19.8 Å². The molecule has 2 aromatic rings. The van der Waals surface area contributed by atoms with Crippen molar-refractivity contribution in [2.24, 2.45) is 0 Å². The molecule has 0 spiro atoms. The molecule has 0 radical (unpaired) electrons. The molecule has 1 aromatic heterocycles. The fourth-order valence-electron chi connectivity index (χ4n) is 1.97. The normalized spacial score (nSPS) is 10.6. The Morgan fingerprint density at radius 3 is 2.70 bits per heavy atom. The van der Waals surface area contributed by atoms with E-state index in [-0.39, 0.29) is 11.3 Å². The second kappa shape index (κ2) is 5.61. The predicted molar refractivity (Wildman–Crippen MR) is 79.4 cm³/mol. The first-order chi connectivity index (χ1) is 9.49. The Kier molecular flexibility index (Phi) is 3.89. The van der Waals surface area contributed by atoms with Crippen molar-refractivity contribution in [2.75, 3.05) is 11.1 Å². The number of hydrogen-bond acceptors (Lipinski definition) is 4. The largest absolute Gasteiger partial charge is 0.478 e. The number of nitrogens with zero attached hydrogens (tertiary/aromatic N) is 1. The number of hydrogen-bond donors (Lipinski definition) is 3. The number of pyridine rings is 1. The van der Waals surface area contributed by atoms with Gasteiger partial charge in [0.1, 0.15) is 5.82 Å². The van der Waals surface area contributed by atoms with E-state index in [1.165, 1.54) is 12.3 Å². The zero-order chi connectivity index (χ0) is 14.7. The van der Waals surface area contributed by atoms with Crippen molar-refractivity contribution in [1.82, 2.24) is 4.98 Å². The lowest BCUT2D eigenvalue weighted by Gasteiger charge is -2.14. The minimum Gasteiger partial charge on any atom is -0.478 e. The number of para-hydroxylation sites is 1. The molecular formula is C15H17N3O2. The van der Waals surface area contributed by atoms with Crippen LogP contribution in [-0.4, -0.2) is 16.1 Å². The second-order valence-corrected chi connectivity index (χ2v) is 4.83. The van der Waals surface area contributed by atoms with Gasteiger partial charge in [0.2, 0.25) is 0 Å². The molecule has 0 atom stereocenters. The summed E-state index contributed by atoms with van der Waals surface area (Å²) in [6.07, 6.45) is 1.35. The van der Waals surface area contributed by atoms with Crippen LogP contribution in [0.2, 0.25) is 0 Å². The van der Waals surface area contributed by atoms with Crippen LogP contribution in [0, 0.1) is 0 Å². The van der Waals surface area contributed by atoms with E-state index in [0.717, 1.165) is 11.3 Å². The van der Waals surface area contributed by atoms with Gasteiger partial charge in [-0.2, -0.15) is 0 Å². The van der Waals surface area contributed by atoms with Crippen molar-refractivity contribution >= 4 is 23.2 Å². The SMILES string of the molecule is CC(C)c1ccccc1Nc1cc(C(=O)O)c(N)cn1. The van der Waals surface area contributed by atoms with Gasteiger partial charge in [-0.3, -0.25) is 0 Å². The third-order valence-electron chi connectivity index (χ3n) is 3.01. The molecule has 0 aliphatic carbocycles. The van der Waals surface area contributed by atoms with Gasteiger partial charge < -0.3 is 16.2 Å². The van der Waals surface area contributed by atoms with Crippen molar-refractivity contribution < 1.29 is 9.90 Å². The van der Waals surface area contributed by atoms with E-state index in [1.54, 1.807) is 0 Å². The van der Waals surface area contributed by atoms with Gasteiger partial charge in [0.15, 0.2) is 0 Å². The summed E-state index contributed by atoms with van der Waals surface area (Å²) < 4.78 is 0. The number of aromatic nitrogens is 1. The van der Waals surface area contributed by atoms with Gasteiger partial charge >= 0.3 is 5.97 Å². The van der Waals surface area contributed by atoms with E-state index in [9.17, 15) is 4.79 Å². The quantitative estimate of drug-likeness (QED) is 0.794. The van der Waals surface area contributed by atoms with Crippen molar-refractivity contribution in [3.8, 4) is 0 Å². The van der Waals surface area contributed by atoms with Crippen molar-refractivity contribution in [1.29, 1.82) is 0 Å². The lowest BCUT2D eigenvalue weighted by Crippen LogP contribution is -2.06. The first kappa shape index (κ1) is 13.9. The summed E-state index contributed by atoms with van der Waals surface area (Å²) in [6.45, 7) is 4.19. The lowest BCUT2D eigenvalue weighted by atomic mass is 10.0. The third kappa shape index (κ3) is 2.88. The Morgan fingerprint density at radius 2 is 2.05 bits per heavy atom. The van der Waals surface area contributed by atoms with Gasteiger partial charge in [-0.05, 0) is 23.6 Å². The minimum absolute atomic E-state index is 0.0459. The van der Waals surface area contributed by atoms with Crippen LogP contribution in [0.3, 0.4) is 0 Å². The van der Waals surface area contributed by atoms with E-state index in [1.807, 2.05) is 24.3 Å². The molecule has 0 saturated carbocycles. The average Bonchev–Trinajstić information content (AvgIpc) is 2.41. The van der Waals surface area contributed by atoms with E-state index in [4.69, 9.17) is 10.8 Å². The topological polar surface area (TPSA) is 88.2 Å². The predicted octanol–water partition coefficient (Wildman–Crippen LogP) is 3.23. The molecule has 0 bridgehead atoms. The third-order valence-corrected chi connectivity index (χ3v) is 3.01. The van der Waals surface area contributed by atoms with Gasteiger partial charge in [0.05, 0.1) is 17.4 Å². The van der Waals surface area contributed by atoms with E-state index >= 15 is 0 Å². The molecular weight excluding hydrogens is 254 g/mol. The molecule has 20 heavy (non-hydrogen) atoms. The van der Waals surface area contributed by atoms with Crippen LogP contribution in [0.5, 0.6) is 0 Å². The Morgan fingerprint density at radius 1 is 1.35 bits per heavy atom. The van der Waals surface area contributed by atoms with Gasteiger partial charge in [-0.25, -0.2) is 9.78 Å². The monoisotopic (exact) mass is 271 g/mol. The summed E-state index contributed by atoms with van der Waals surface area (Å²) in [4.78, 5) is 15.2. The van der Waals surface area contributed by atoms with Crippen molar-refractivity contribution in [3.05, 3.63) is 47.7 Å². The highest BCUT2D eigenvalue weighted by molar-refractivity contribution is 5.94. The zero-order valence-corrected chi connectivity index (χ0v) is 11.4. The summed E-state index contributed by atoms with van der Waals surface area (Å²) in [7, 11) is 0. The van der Waals surface area contributed by atoms with Crippen LogP contribution in [-0.2, 0) is 0 Å². The number of anilines is 3. The smallest absolute Gasteiger partial charge is 0.337 e. The molecule has 1 heterocycles. The molecule has 4 N–H and O–H groups in total. The highest BCUT2D eigenvalue weighted by atomic mass is 16.4. The maximum Gasteiger partial charge on any atom is 0.337 e. The number of carboxylic acids is 1. The number of aromatic carboxylic acids is 1. The van der Waals surface area contributed by atoms with Gasteiger partial charge in [0, 0.05) is 5.69 Å². The van der Waals surface area contributed by atoms with E-state index < -0.39 is 5.97 Å². The van der Waals surface area contributed by atoms with Crippen LogP contribution in [0.1, 0.15) is 35.7 Å². The highest BCUT2D eigenvalue weighted by Gasteiger charge is 2.11. The van der Waals surface area contributed by atoms with Gasteiger partial charge in [-0.15, -0.1) is 0 Å². The molecule has 0 aliphatic rings. The number of nitrogen functional groups attached to an aromatic ring is 1. The Hall–Kier alpha value is -2.56. The minimum atomic E-state index is -1.06. The van der Waals surface area contributed by atoms with E-state index in [2.05, 4.69) is 24.1 Å². The number of benzene rings is 1. The lowest BCUT2D eigenvalue weighted by molar-refractivity contribution is 0.0698. The van der Waals surface area contributed by atoms with Crippen LogP contribution >= 0.6 is 0 Å². The number of carbonyl (C=O) groups is 1. The van der Waals surface area contributed by atoms with Crippen LogP contribution < -0.4 is 11.1 Å².